The van der Waals surface area contributed by atoms with Crippen molar-refractivity contribution in [3.8, 4) is 22.6 Å². The van der Waals surface area contributed by atoms with Crippen molar-refractivity contribution in [3.05, 3.63) is 94.5 Å². The van der Waals surface area contributed by atoms with Gasteiger partial charge in [0.1, 0.15) is 17.2 Å². The molecule has 0 aliphatic carbocycles. The lowest BCUT2D eigenvalue weighted by Crippen LogP contribution is -2.17. The first-order chi connectivity index (χ1) is 15.1. The molecule has 1 unspecified atom stereocenters. The molecule has 0 saturated carbocycles. The molecule has 0 radical (unpaired) electrons. The van der Waals surface area contributed by atoms with Crippen molar-refractivity contribution in [1.29, 1.82) is 0 Å². The Hall–Kier alpha value is -3.31. The number of hydrogen-bond donors (Lipinski definition) is 1. The van der Waals surface area contributed by atoms with Crippen LogP contribution in [0.5, 0.6) is 11.5 Å². The quantitative estimate of drug-likeness (QED) is 0.420. The Morgan fingerprint density at radius 3 is 2.29 bits per heavy atom. The van der Waals surface area contributed by atoms with Crippen LogP contribution in [0.25, 0.3) is 11.1 Å². The van der Waals surface area contributed by atoms with Crippen LogP contribution in [0.3, 0.4) is 0 Å². The molecule has 3 N–H and O–H groups in total. The lowest BCUT2D eigenvalue weighted by Gasteiger charge is -2.16. The zero-order valence-electron chi connectivity index (χ0n) is 18.0. The lowest BCUT2D eigenvalue weighted by atomic mass is 9.89. The van der Waals surface area contributed by atoms with Crippen molar-refractivity contribution in [2.24, 2.45) is 0 Å². The second-order valence-corrected chi connectivity index (χ2v) is 8.52. The third kappa shape index (κ3) is 4.72. The van der Waals surface area contributed by atoms with Gasteiger partial charge in [0.05, 0.1) is 20.1 Å². The number of thiazole rings is 1. The largest absolute Gasteiger partial charge is 0.497 e. The molecule has 1 atom stereocenters. The van der Waals surface area contributed by atoms with Gasteiger partial charge in [0.25, 0.3) is 0 Å². The van der Waals surface area contributed by atoms with E-state index in [1.165, 1.54) is 28.0 Å². The van der Waals surface area contributed by atoms with Crippen LogP contribution in [0.1, 0.15) is 28.3 Å². The number of hydrogen-bond acceptors (Lipinski definition) is 4. The highest BCUT2D eigenvalue weighted by molar-refractivity contribution is 7.13. The average Bonchev–Trinajstić information content (AvgIpc) is 3.24. The van der Waals surface area contributed by atoms with Gasteiger partial charge in [-0.05, 0) is 54.3 Å². The maximum absolute atomic E-state index is 5.99. The van der Waals surface area contributed by atoms with E-state index in [0.717, 1.165) is 39.9 Å². The van der Waals surface area contributed by atoms with E-state index < -0.39 is 0 Å². The lowest BCUT2D eigenvalue weighted by molar-refractivity contribution is -0.368. The first-order valence-electron chi connectivity index (χ1n) is 10.2. The molecule has 0 aliphatic rings. The topological polar surface area (TPSA) is 58.6 Å². The van der Waals surface area contributed by atoms with E-state index in [0.29, 0.717) is 0 Å². The van der Waals surface area contributed by atoms with Gasteiger partial charge in [-0.3, -0.25) is 5.73 Å². The summed E-state index contributed by atoms with van der Waals surface area (Å²) in [4.78, 5) is 3.33. The molecule has 0 bridgehead atoms. The summed E-state index contributed by atoms with van der Waals surface area (Å²) in [6.45, 7) is 2.10. The van der Waals surface area contributed by atoms with Gasteiger partial charge in [-0.25, -0.2) is 4.98 Å². The van der Waals surface area contributed by atoms with Gasteiger partial charge >= 0.3 is 5.13 Å². The fraction of sp³-hybridized carbons (Fsp3) is 0.192. The van der Waals surface area contributed by atoms with E-state index >= 15 is 0 Å². The third-order valence-corrected chi connectivity index (χ3v) is 6.26. The van der Waals surface area contributed by atoms with Crippen LogP contribution in [0, 0.1) is 6.92 Å². The second-order valence-electron chi connectivity index (χ2n) is 7.61. The number of ether oxygens (including phenoxy) is 2. The van der Waals surface area contributed by atoms with Crippen molar-refractivity contribution in [1.82, 2.24) is 0 Å². The maximum Gasteiger partial charge on any atom is 0.329 e. The normalized spacial score (nSPS) is 11.8. The minimum atomic E-state index is 0.179. The second kappa shape index (κ2) is 9.23. The Labute approximate surface area is 187 Å². The highest BCUT2D eigenvalue weighted by atomic mass is 32.1. The van der Waals surface area contributed by atoms with Crippen LogP contribution in [-0.2, 0) is 6.42 Å². The minimum absolute atomic E-state index is 0.179. The molecule has 0 aliphatic heterocycles. The van der Waals surface area contributed by atoms with Gasteiger partial charge in [-0.1, -0.05) is 59.4 Å². The Bertz CT molecular complexity index is 1150. The van der Waals surface area contributed by atoms with Crippen molar-refractivity contribution >= 4 is 16.5 Å². The Balaban J connectivity index is 1.63. The highest BCUT2D eigenvalue weighted by Crippen LogP contribution is 2.33. The summed E-state index contributed by atoms with van der Waals surface area (Å²) in [7, 11) is 3.40. The van der Waals surface area contributed by atoms with Crippen LogP contribution < -0.4 is 20.2 Å². The van der Waals surface area contributed by atoms with Gasteiger partial charge in [0.2, 0.25) is 0 Å². The number of H-pyrrole nitrogens is 1. The first-order valence-corrected chi connectivity index (χ1v) is 11.1. The molecule has 4 rings (SSSR count). The number of rotatable bonds is 7. The molecule has 4 nitrogen and oxygen atoms in total. The highest BCUT2D eigenvalue weighted by Gasteiger charge is 2.21. The van der Waals surface area contributed by atoms with Crippen molar-refractivity contribution in [2.45, 2.75) is 19.3 Å². The minimum Gasteiger partial charge on any atom is -0.497 e. The third-order valence-electron chi connectivity index (χ3n) is 5.53. The number of aromatic nitrogens is 1. The molecule has 31 heavy (non-hydrogen) atoms. The summed E-state index contributed by atoms with van der Waals surface area (Å²) in [6, 6.07) is 23.2. The number of aryl methyl sites for hydroxylation is 1. The summed E-state index contributed by atoms with van der Waals surface area (Å²) in [6.07, 6.45) is 0.865. The molecule has 0 amide bonds. The van der Waals surface area contributed by atoms with Gasteiger partial charge in [0.15, 0.2) is 0 Å². The number of nitrogens with two attached hydrogens (primary N) is 1. The van der Waals surface area contributed by atoms with Gasteiger partial charge in [-0.2, -0.15) is 0 Å². The maximum atomic E-state index is 5.99. The molecule has 5 heteroatoms. The molecule has 4 aromatic rings. The molecular weight excluding hydrogens is 404 g/mol. The van der Waals surface area contributed by atoms with E-state index in [9.17, 15) is 0 Å². The van der Waals surface area contributed by atoms with Crippen molar-refractivity contribution < 1.29 is 14.5 Å². The van der Waals surface area contributed by atoms with E-state index in [1.807, 2.05) is 18.2 Å². The van der Waals surface area contributed by atoms with Gasteiger partial charge < -0.3 is 9.47 Å². The Morgan fingerprint density at radius 2 is 1.68 bits per heavy atom. The molecule has 0 fully saturated rings. The summed E-state index contributed by atoms with van der Waals surface area (Å²) in [5, 5.41) is 2.83. The van der Waals surface area contributed by atoms with Crippen LogP contribution >= 0.6 is 11.3 Å². The number of methoxy groups -OCH3 is 2. The fourth-order valence-corrected chi connectivity index (χ4v) is 4.50. The predicted octanol–water partition coefficient (Wildman–Crippen LogP) is 5.51. The molecule has 1 heterocycles. The molecular formula is C26H27N2O2S+. The molecule has 0 spiro atoms. The predicted molar refractivity (Wildman–Crippen MR) is 127 cm³/mol. The van der Waals surface area contributed by atoms with Crippen LogP contribution in [0.15, 0.2) is 72.1 Å². The van der Waals surface area contributed by atoms with E-state index in [2.05, 4.69) is 65.8 Å². The van der Waals surface area contributed by atoms with Crippen molar-refractivity contribution in [3.63, 3.8) is 0 Å². The number of nitrogens with one attached hydrogen (secondary N) is 1. The number of aromatic amines is 1. The Morgan fingerprint density at radius 1 is 0.935 bits per heavy atom. The smallest absolute Gasteiger partial charge is 0.329 e. The number of benzene rings is 3. The standard InChI is InChI=1S/C26H26N2O2S/c1-17-4-13-25(30-3)23(14-17)20-7-5-18(6-8-20)15-22(24-16-31-26(27)28-24)19-9-11-21(29-2)12-10-19/h4-14,16,22H,15H2,1-3H3,(H2,27,28)/p+1. The van der Waals surface area contributed by atoms with Gasteiger partial charge in [-0.15, -0.1) is 0 Å². The van der Waals surface area contributed by atoms with E-state index in [-0.39, 0.29) is 5.92 Å². The summed E-state index contributed by atoms with van der Waals surface area (Å²) in [5.41, 5.74) is 13.1. The zero-order valence-corrected chi connectivity index (χ0v) is 18.8. The summed E-state index contributed by atoms with van der Waals surface area (Å²) in [5.74, 6) is 1.92. The summed E-state index contributed by atoms with van der Waals surface area (Å²) >= 11 is 1.53. The van der Waals surface area contributed by atoms with Crippen LogP contribution in [0.2, 0.25) is 0 Å². The van der Waals surface area contributed by atoms with E-state index in [4.69, 9.17) is 15.2 Å². The van der Waals surface area contributed by atoms with Gasteiger partial charge in [0, 0.05) is 10.9 Å². The van der Waals surface area contributed by atoms with Crippen LogP contribution in [0.4, 0.5) is 5.13 Å². The fourth-order valence-electron chi connectivity index (χ4n) is 3.84. The van der Waals surface area contributed by atoms with Crippen LogP contribution in [-0.4, -0.2) is 14.2 Å². The number of anilines is 1. The number of nitrogen functional groups attached to an aromatic ring is 1. The Kier molecular flexibility index (Phi) is 6.23. The first kappa shape index (κ1) is 20.9. The zero-order chi connectivity index (χ0) is 21.8. The molecule has 158 valence electrons. The monoisotopic (exact) mass is 431 g/mol. The SMILES string of the molecule is COc1ccc(C(Cc2ccc(-c3cc(C)ccc3OC)cc2)c2csc(N)[nH+]2)cc1. The molecule has 1 aromatic heterocycles. The average molecular weight is 432 g/mol. The van der Waals surface area contributed by atoms with Crippen molar-refractivity contribution in [2.75, 3.05) is 20.0 Å². The van der Waals surface area contributed by atoms with E-state index in [1.54, 1.807) is 14.2 Å². The molecule has 3 aromatic carbocycles. The summed E-state index contributed by atoms with van der Waals surface area (Å²) < 4.78 is 10.9. The molecule has 0 saturated heterocycles.